The predicted molar refractivity (Wildman–Crippen MR) is 70.7 cm³/mol. The molecule has 2 heterocycles. The molecular weight excluding hydrogens is 226 g/mol. The highest BCUT2D eigenvalue weighted by Crippen LogP contribution is 2.43. The maximum atomic E-state index is 12.5. The van der Waals surface area contributed by atoms with Crippen LogP contribution >= 0.6 is 0 Å². The highest BCUT2D eigenvalue weighted by atomic mass is 16.5. The van der Waals surface area contributed by atoms with E-state index in [9.17, 15) is 4.79 Å². The second-order valence-corrected chi connectivity index (χ2v) is 6.27. The topological polar surface area (TPSA) is 39.2 Å². The highest BCUT2D eigenvalue weighted by molar-refractivity contribution is 5.98. The Hall–Kier alpha value is -1.22. The van der Waals surface area contributed by atoms with E-state index < -0.39 is 5.60 Å². The molecular formula is C15H21NO2. The van der Waals surface area contributed by atoms with Gasteiger partial charge in [-0.15, -0.1) is 0 Å². The molecule has 0 amide bonds. The minimum absolute atomic E-state index is 0.1000. The van der Waals surface area contributed by atoms with Crippen LogP contribution in [-0.2, 0) is 4.74 Å². The Labute approximate surface area is 109 Å². The van der Waals surface area contributed by atoms with Crippen LogP contribution in [0.25, 0.3) is 0 Å². The molecule has 1 fully saturated rings. The van der Waals surface area contributed by atoms with E-state index >= 15 is 0 Å². The van der Waals surface area contributed by atoms with Crippen molar-refractivity contribution >= 4 is 5.78 Å². The van der Waals surface area contributed by atoms with E-state index in [-0.39, 0.29) is 17.3 Å². The SMILES string of the molecule is Cc1ccc(C(=O)C2CC(C)(C)OC2(C)C)cn1. The standard InChI is InChI=1S/C15H21NO2/c1-10-6-7-11(9-16-10)13(17)12-8-14(2,3)18-15(12,4)5/h6-7,9,12H,8H2,1-5H3. The first-order valence-corrected chi connectivity index (χ1v) is 6.38. The molecule has 18 heavy (non-hydrogen) atoms. The molecule has 1 atom stereocenters. The summed E-state index contributed by atoms with van der Waals surface area (Å²) in [4.78, 5) is 16.7. The molecule has 0 spiro atoms. The Morgan fingerprint density at radius 3 is 2.44 bits per heavy atom. The van der Waals surface area contributed by atoms with Gasteiger partial charge in [-0.2, -0.15) is 0 Å². The first-order chi connectivity index (χ1) is 8.21. The van der Waals surface area contributed by atoms with Crippen molar-refractivity contribution in [3.63, 3.8) is 0 Å². The molecule has 3 nitrogen and oxygen atoms in total. The summed E-state index contributed by atoms with van der Waals surface area (Å²) in [6.07, 6.45) is 2.42. The Morgan fingerprint density at radius 2 is 2.00 bits per heavy atom. The fourth-order valence-corrected chi connectivity index (χ4v) is 2.79. The molecule has 1 aromatic rings. The van der Waals surface area contributed by atoms with Gasteiger partial charge in [-0.05, 0) is 53.2 Å². The highest BCUT2D eigenvalue weighted by Gasteiger charge is 2.49. The van der Waals surface area contributed by atoms with Gasteiger partial charge in [0, 0.05) is 17.5 Å². The van der Waals surface area contributed by atoms with E-state index in [0.717, 1.165) is 12.1 Å². The van der Waals surface area contributed by atoms with Gasteiger partial charge in [0.2, 0.25) is 0 Å². The Bertz CT molecular complexity index is 460. The molecule has 1 aliphatic rings. The third kappa shape index (κ3) is 2.46. The largest absolute Gasteiger partial charge is 0.369 e. The quantitative estimate of drug-likeness (QED) is 0.753. The van der Waals surface area contributed by atoms with Crippen molar-refractivity contribution in [2.75, 3.05) is 0 Å². The zero-order valence-electron chi connectivity index (χ0n) is 11.8. The summed E-state index contributed by atoms with van der Waals surface area (Å²) in [6.45, 7) is 9.97. The Kier molecular flexibility index (Phi) is 3.06. The molecule has 0 saturated carbocycles. The minimum Gasteiger partial charge on any atom is -0.369 e. The number of Topliss-reactive ketones (excluding diaryl/α,β-unsaturated/α-hetero) is 1. The Balaban J connectivity index is 2.27. The fraction of sp³-hybridized carbons (Fsp3) is 0.600. The molecule has 98 valence electrons. The summed E-state index contributed by atoms with van der Waals surface area (Å²) in [6, 6.07) is 3.73. The second kappa shape index (κ2) is 4.16. The minimum atomic E-state index is -0.411. The average Bonchev–Trinajstić information content (AvgIpc) is 2.47. The van der Waals surface area contributed by atoms with Gasteiger partial charge < -0.3 is 4.74 Å². The maximum Gasteiger partial charge on any atom is 0.170 e. The summed E-state index contributed by atoms with van der Waals surface area (Å²) in [5, 5.41) is 0. The van der Waals surface area contributed by atoms with Crippen LogP contribution in [0.15, 0.2) is 18.3 Å². The van der Waals surface area contributed by atoms with Crippen LogP contribution in [0.4, 0.5) is 0 Å². The smallest absolute Gasteiger partial charge is 0.170 e. The number of aromatic nitrogens is 1. The number of carbonyl (C=O) groups is 1. The average molecular weight is 247 g/mol. The van der Waals surface area contributed by atoms with Gasteiger partial charge in [-0.3, -0.25) is 9.78 Å². The van der Waals surface area contributed by atoms with Crippen LogP contribution < -0.4 is 0 Å². The van der Waals surface area contributed by atoms with E-state index in [0.29, 0.717) is 5.56 Å². The summed E-state index contributed by atoms with van der Waals surface area (Å²) in [5.41, 5.74) is 0.960. The number of ketones is 1. The van der Waals surface area contributed by atoms with Crippen molar-refractivity contribution in [2.45, 2.75) is 52.2 Å². The molecule has 1 aliphatic heterocycles. The van der Waals surface area contributed by atoms with Crippen molar-refractivity contribution in [2.24, 2.45) is 5.92 Å². The molecule has 0 aromatic carbocycles. The van der Waals surface area contributed by atoms with Gasteiger partial charge in [0.05, 0.1) is 17.1 Å². The lowest BCUT2D eigenvalue weighted by Gasteiger charge is -2.26. The van der Waals surface area contributed by atoms with Crippen molar-refractivity contribution in [3.8, 4) is 0 Å². The van der Waals surface area contributed by atoms with E-state index in [1.807, 2.05) is 46.8 Å². The molecule has 1 unspecified atom stereocenters. The lowest BCUT2D eigenvalue weighted by Crippen LogP contribution is -2.33. The number of carbonyl (C=O) groups excluding carboxylic acids is 1. The van der Waals surface area contributed by atoms with Crippen molar-refractivity contribution in [1.29, 1.82) is 0 Å². The van der Waals surface area contributed by atoms with Gasteiger partial charge in [0.1, 0.15) is 0 Å². The number of pyridine rings is 1. The molecule has 1 saturated heterocycles. The van der Waals surface area contributed by atoms with Crippen LogP contribution in [0, 0.1) is 12.8 Å². The maximum absolute atomic E-state index is 12.5. The number of hydrogen-bond donors (Lipinski definition) is 0. The van der Waals surface area contributed by atoms with Crippen LogP contribution in [-0.4, -0.2) is 22.0 Å². The third-order valence-corrected chi connectivity index (χ3v) is 3.59. The van der Waals surface area contributed by atoms with Gasteiger partial charge in [0.15, 0.2) is 5.78 Å². The number of nitrogens with zero attached hydrogens (tertiary/aromatic N) is 1. The second-order valence-electron chi connectivity index (χ2n) is 6.27. The molecule has 0 bridgehead atoms. The van der Waals surface area contributed by atoms with Crippen LogP contribution in [0.1, 0.15) is 50.2 Å². The molecule has 0 aliphatic carbocycles. The van der Waals surface area contributed by atoms with Crippen molar-refractivity contribution in [1.82, 2.24) is 4.98 Å². The van der Waals surface area contributed by atoms with Gasteiger partial charge in [0.25, 0.3) is 0 Å². The number of aryl methyl sites for hydroxylation is 1. The van der Waals surface area contributed by atoms with Crippen molar-refractivity contribution < 1.29 is 9.53 Å². The summed E-state index contributed by atoms with van der Waals surface area (Å²) >= 11 is 0. The molecule has 1 aromatic heterocycles. The first kappa shape index (κ1) is 13.2. The first-order valence-electron chi connectivity index (χ1n) is 6.38. The van der Waals surface area contributed by atoms with E-state index in [1.165, 1.54) is 0 Å². The molecule has 0 radical (unpaired) electrons. The lowest BCUT2D eigenvalue weighted by molar-refractivity contribution is -0.0712. The third-order valence-electron chi connectivity index (χ3n) is 3.59. The zero-order chi connectivity index (χ0) is 13.6. The summed E-state index contributed by atoms with van der Waals surface area (Å²) < 4.78 is 5.97. The van der Waals surface area contributed by atoms with Gasteiger partial charge >= 0.3 is 0 Å². The molecule has 3 heteroatoms. The van der Waals surface area contributed by atoms with Gasteiger partial charge in [-0.25, -0.2) is 0 Å². The molecule has 0 N–H and O–H groups in total. The van der Waals surface area contributed by atoms with E-state index in [2.05, 4.69) is 4.98 Å². The number of ether oxygens (including phenoxy) is 1. The monoisotopic (exact) mass is 247 g/mol. The summed E-state index contributed by atoms with van der Waals surface area (Å²) in [7, 11) is 0. The molecule has 2 rings (SSSR count). The van der Waals surface area contributed by atoms with Crippen molar-refractivity contribution in [3.05, 3.63) is 29.6 Å². The zero-order valence-corrected chi connectivity index (χ0v) is 11.8. The van der Waals surface area contributed by atoms with E-state index in [4.69, 9.17) is 4.74 Å². The lowest BCUT2D eigenvalue weighted by atomic mass is 9.82. The Morgan fingerprint density at radius 1 is 1.33 bits per heavy atom. The number of rotatable bonds is 2. The van der Waals surface area contributed by atoms with Crippen LogP contribution in [0.5, 0.6) is 0 Å². The predicted octanol–water partition coefficient (Wildman–Crippen LogP) is 3.17. The van der Waals surface area contributed by atoms with Crippen LogP contribution in [0.2, 0.25) is 0 Å². The van der Waals surface area contributed by atoms with Crippen LogP contribution in [0.3, 0.4) is 0 Å². The fourth-order valence-electron chi connectivity index (χ4n) is 2.79. The van der Waals surface area contributed by atoms with Gasteiger partial charge in [-0.1, -0.05) is 0 Å². The summed E-state index contributed by atoms with van der Waals surface area (Å²) in [5.74, 6) is 0.0371. The normalized spacial score (nSPS) is 25.1. The number of hydrogen-bond acceptors (Lipinski definition) is 3. The van der Waals surface area contributed by atoms with E-state index in [1.54, 1.807) is 6.20 Å².